The molecule has 0 spiro atoms. The topological polar surface area (TPSA) is 20.3 Å². The van der Waals surface area contributed by atoms with Gasteiger partial charge in [-0.25, -0.2) is 0 Å². The molecule has 1 aliphatic heterocycles. The van der Waals surface area contributed by atoms with Crippen LogP contribution < -0.4 is 0 Å². The van der Waals surface area contributed by atoms with Gasteiger partial charge in [0, 0.05) is 30.5 Å². The van der Waals surface area contributed by atoms with Gasteiger partial charge in [0.15, 0.2) is 0 Å². The Hall–Kier alpha value is -0.0200. The second-order valence-electron chi connectivity index (χ2n) is 3.71. The molecule has 0 amide bonds. The minimum absolute atomic E-state index is 0.404. The summed E-state index contributed by atoms with van der Waals surface area (Å²) in [6.07, 6.45) is 1.73. The van der Waals surface area contributed by atoms with Crippen LogP contribution in [0.1, 0.15) is 26.7 Å². The summed E-state index contributed by atoms with van der Waals surface area (Å²) in [5.74, 6) is 1.59. The molecule has 0 radical (unpaired) electrons. The van der Waals surface area contributed by atoms with Gasteiger partial charge < -0.3 is 0 Å². The summed E-state index contributed by atoms with van der Waals surface area (Å²) in [7, 11) is 0. The van der Waals surface area contributed by atoms with Crippen LogP contribution in [0.15, 0.2) is 0 Å². The second-order valence-corrected chi connectivity index (χ2v) is 5.25. The molecular formula is C10H19NOS. The Kier molecular flexibility index (Phi) is 4.81. The van der Waals surface area contributed by atoms with E-state index in [2.05, 4.69) is 18.7 Å². The molecule has 0 aliphatic carbocycles. The predicted molar refractivity (Wildman–Crippen MR) is 58.3 cm³/mol. The summed E-state index contributed by atoms with van der Waals surface area (Å²) in [6, 6.07) is 0. The number of rotatable bonds is 4. The van der Waals surface area contributed by atoms with Crippen molar-refractivity contribution in [2.75, 3.05) is 25.4 Å². The second kappa shape index (κ2) is 5.66. The molecule has 1 aliphatic rings. The van der Waals surface area contributed by atoms with Crippen molar-refractivity contribution in [3.05, 3.63) is 0 Å². The fourth-order valence-corrected chi connectivity index (χ4v) is 2.72. The van der Waals surface area contributed by atoms with Crippen molar-refractivity contribution in [2.24, 2.45) is 0 Å². The van der Waals surface area contributed by atoms with Crippen molar-refractivity contribution in [2.45, 2.75) is 31.9 Å². The lowest BCUT2D eigenvalue weighted by Gasteiger charge is -2.29. The molecule has 1 saturated heterocycles. The maximum atomic E-state index is 11.4. The van der Waals surface area contributed by atoms with E-state index >= 15 is 0 Å². The molecule has 0 saturated carbocycles. The number of hydrogen-bond acceptors (Lipinski definition) is 3. The van der Waals surface area contributed by atoms with Crippen LogP contribution in [-0.4, -0.2) is 41.3 Å². The quantitative estimate of drug-likeness (QED) is 0.691. The summed E-state index contributed by atoms with van der Waals surface area (Å²) in [4.78, 5) is 13.7. The van der Waals surface area contributed by atoms with Gasteiger partial charge in [0.2, 0.25) is 0 Å². The van der Waals surface area contributed by atoms with Gasteiger partial charge in [0.25, 0.3) is 0 Å². The SMILES string of the molecule is CCCC(=O)CN1CCSC(C)C1. The molecule has 1 rings (SSSR count). The summed E-state index contributed by atoms with van der Waals surface area (Å²) in [5.41, 5.74) is 0. The van der Waals surface area contributed by atoms with Crippen molar-refractivity contribution in [3.8, 4) is 0 Å². The van der Waals surface area contributed by atoms with Gasteiger partial charge >= 0.3 is 0 Å². The Balaban J connectivity index is 2.23. The predicted octanol–water partition coefficient (Wildman–Crippen LogP) is 1.79. The first-order valence-electron chi connectivity index (χ1n) is 5.08. The van der Waals surface area contributed by atoms with Crippen molar-refractivity contribution in [3.63, 3.8) is 0 Å². The number of carbonyl (C=O) groups is 1. The summed E-state index contributed by atoms with van der Waals surface area (Å²) in [5, 5.41) is 0.697. The highest BCUT2D eigenvalue weighted by atomic mass is 32.2. The van der Waals surface area contributed by atoms with Crippen LogP contribution >= 0.6 is 11.8 Å². The van der Waals surface area contributed by atoms with E-state index in [-0.39, 0.29) is 0 Å². The fraction of sp³-hybridized carbons (Fsp3) is 0.900. The Morgan fingerprint density at radius 1 is 1.62 bits per heavy atom. The highest BCUT2D eigenvalue weighted by molar-refractivity contribution is 7.99. The molecule has 0 bridgehead atoms. The lowest BCUT2D eigenvalue weighted by molar-refractivity contribution is -0.120. The van der Waals surface area contributed by atoms with Crippen molar-refractivity contribution >= 4 is 17.5 Å². The first kappa shape index (κ1) is 11.1. The summed E-state index contributed by atoms with van der Waals surface area (Å²) < 4.78 is 0. The van der Waals surface area contributed by atoms with Crippen LogP contribution in [0.5, 0.6) is 0 Å². The Labute approximate surface area is 85.1 Å². The lowest BCUT2D eigenvalue weighted by atomic mass is 10.2. The van der Waals surface area contributed by atoms with E-state index in [0.29, 0.717) is 17.6 Å². The third-order valence-corrected chi connectivity index (χ3v) is 3.39. The van der Waals surface area contributed by atoms with Crippen molar-refractivity contribution in [1.29, 1.82) is 0 Å². The van der Waals surface area contributed by atoms with Gasteiger partial charge in [-0.1, -0.05) is 13.8 Å². The van der Waals surface area contributed by atoms with E-state index in [1.807, 2.05) is 11.8 Å². The normalized spacial score (nSPS) is 24.6. The van der Waals surface area contributed by atoms with Gasteiger partial charge in [0.1, 0.15) is 5.78 Å². The maximum Gasteiger partial charge on any atom is 0.146 e. The van der Waals surface area contributed by atoms with E-state index in [4.69, 9.17) is 0 Å². The van der Waals surface area contributed by atoms with Crippen molar-refractivity contribution < 1.29 is 4.79 Å². The third kappa shape index (κ3) is 4.14. The zero-order valence-electron chi connectivity index (χ0n) is 8.58. The van der Waals surface area contributed by atoms with Gasteiger partial charge in [-0.3, -0.25) is 9.69 Å². The van der Waals surface area contributed by atoms with Gasteiger partial charge in [0.05, 0.1) is 6.54 Å². The van der Waals surface area contributed by atoms with Crippen LogP contribution in [0.4, 0.5) is 0 Å². The monoisotopic (exact) mass is 201 g/mol. The molecule has 13 heavy (non-hydrogen) atoms. The lowest BCUT2D eigenvalue weighted by Crippen LogP contribution is -2.39. The summed E-state index contributed by atoms with van der Waals surface area (Å²) in [6.45, 7) is 7.15. The Morgan fingerprint density at radius 3 is 3.00 bits per heavy atom. The maximum absolute atomic E-state index is 11.4. The molecule has 1 atom stereocenters. The zero-order valence-corrected chi connectivity index (χ0v) is 9.40. The number of thioether (sulfide) groups is 1. The highest BCUT2D eigenvalue weighted by Crippen LogP contribution is 2.17. The van der Waals surface area contributed by atoms with Crippen LogP contribution in [0.25, 0.3) is 0 Å². The molecule has 2 nitrogen and oxygen atoms in total. The molecule has 0 aromatic heterocycles. The highest BCUT2D eigenvalue weighted by Gasteiger charge is 2.18. The molecule has 0 aromatic carbocycles. The van der Waals surface area contributed by atoms with Crippen molar-refractivity contribution in [1.82, 2.24) is 4.90 Å². The largest absolute Gasteiger partial charge is 0.298 e. The fourth-order valence-electron chi connectivity index (χ4n) is 1.64. The van der Waals surface area contributed by atoms with Gasteiger partial charge in [-0.2, -0.15) is 11.8 Å². The minimum atomic E-state index is 0.404. The Bertz CT molecular complexity index is 172. The van der Waals surface area contributed by atoms with Crippen LogP contribution in [0, 0.1) is 0 Å². The average molecular weight is 201 g/mol. The number of hydrogen-bond donors (Lipinski definition) is 0. The minimum Gasteiger partial charge on any atom is -0.298 e. The van der Waals surface area contributed by atoms with E-state index in [1.165, 1.54) is 5.75 Å². The molecular weight excluding hydrogens is 182 g/mol. The zero-order chi connectivity index (χ0) is 9.68. The summed E-state index contributed by atoms with van der Waals surface area (Å²) >= 11 is 2.01. The Morgan fingerprint density at radius 2 is 2.38 bits per heavy atom. The molecule has 1 fully saturated rings. The van der Waals surface area contributed by atoms with E-state index in [9.17, 15) is 4.79 Å². The van der Waals surface area contributed by atoms with E-state index in [1.54, 1.807) is 0 Å². The molecule has 1 unspecified atom stereocenters. The standard InChI is InChI=1S/C10H19NOS/c1-3-4-10(12)8-11-5-6-13-9(2)7-11/h9H,3-8H2,1-2H3. The first-order chi connectivity index (χ1) is 6.22. The van der Waals surface area contributed by atoms with E-state index < -0.39 is 0 Å². The molecule has 3 heteroatoms. The average Bonchev–Trinajstić information content (AvgIpc) is 2.04. The smallest absolute Gasteiger partial charge is 0.146 e. The van der Waals surface area contributed by atoms with Crippen LogP contribution in [0.2, 0.25) is 0 Å². The number of carbonyl (C=O) groups excluding carboxylic acids is 1. The number of ketones is 1. The molecule has 76 valence electrons. The number of Topliss-reactive ketones (excluding diaryl/α,β-unsaturated/α-hetero) is 1. The van der Waals surface area contributed by atoms with E-state index in [0.717, 1.165) is 25.9 Å². The number of nitrogens with zero attached hydrogens (tertiary/aromatic N) is 1. The molecule has 0 aromatic rings. The third-order valence-electron chi connectivity index (χ3n) is 2.25. The van der Waals surface area contributed by atoms with Gasteiger partial charge in [-0.15, -0.1) is 0 Å². The van der Waals surface area contributed by atoms with Crippen LogP contribution in [0.3, 0.4) is 0 Å². The molecule has 1 heterocycles. The first-order valence-corrected chi connectivity index (χ1v) is 6.13. The molecule has 0 N–H and O–H groups in total. The van der Waals surface area contributed by atoms with Crippen LogP contribution in [-0.2, 0) is 4.79 Å². The van der Waals surface area contributed by atoms with Gasteiger partial charge in [-0.05, 0) is 6.42 Å².